The van der Waals surface area contributed by atoms with Gasteiger partial charge in [0.2, 0.25) is 0 Å². The number of carboxylic acids is 1. The van der Waals surface area contributed by atoms with E-state index in [1.807, 2.05) is 46.4 Å². The molecule has 2 aromatic rings. The van der Waals surface area contributed by atoms with Crippen molar-refractivity contribution in [2.75, 3.05) is 26.2 Å². The monoisotopic (exact) mass is 527 g/mol. The molecule has 1 N–H and O–H groups in total. The lowest BCUT2D eigenvalue weighted by Crippen LogP contribution is -2.41. The van der Waals surface area contributed by atoms with E-state index in [1.54, 1.807) is 12.1 Å². The van der Waals surface area contributed by atoms with Crippen molar-refractivity contribution >= 4 is 5.97 Å². The zero-order valence-corrected chi connectivity index (χ0v) is 22.9. The molecule has 0 aliphatic carbocycles. The third-order valence-corrected chi connectivity index (χ3v) is 8.42. The number of hydrogen-bond donors (Lipinski definition) is 1. The van der Waals surface area contributed by atoms with Gasteiger partial charge in [-0.25, -0.2) is 13.2 Å². The number of nitriles is 1. The predicted octanol–water partition coefficient (Wildman–Crippen LogP) is 5.66. The number of nitrogens with zero attached hydrogens (tertiary/aromatic N) is 3. The van der Waals surface area contributed by atoms with E-state index < -0.39 is 46.6 Å². The summed E-state index contributed by atoms with van der Waals surface area (Å²) in [7, 11) is 0. The molecule has 2 aliphatic heterocycles. The zero-order valence-electron chi connectivity index (χ0n) is 22.9. The Kier molecular flexibility index (Phi) is 7.17. The molecule has 4 atom stereocenters. The second-order valence-electron chi connectivity index (χ2n) is 12.7. The van der Waals surface area contributed by atoms with Gasteiger partial charge in [0.15, 0.2) is 0 Å². The van der Waals surface area contributed by atoms with Crippen LogP contribution in [0.3, 0.4) is 0 Å². The number of aliphatic carboxylic acids is 1. The Morgan fingerprint density at radius 2 is 1.53 bits per heavy atom. The van der Waals surface area contributed by atoms with Crippen molar-refractivity contribution in [3.8, 4) is 6.07 Å². The average molecular weight is 528 g/mol. The van der Waals surface area contributed by atoms with E-state index >= 15 is 8.78 Å². The summed E-state index contributed by atoms with van der Waals surface area (Å²) in [6, 6.07) is 10.3. The fraction of sp³-hybridized carbons (Fsp3) is 0.533. The van der Waals surface area contributed by atoms with Crippen LogP contribution in [-0.2, 0) is 10.2 Å². The molecule has 2 fully saturated rings. The van der Waals surface area contributed by atoms with E-state index in [-0.39, 0.29) is 23.2 Å². The minimum Gasteiger partial charge on any atom is -0.481 e. The van der Waals surface area contributed by atoms with Crippen LogP contribution in [0.15, 0.2) is 36.4 Å². The standard InChI is InChI=1S/C30H36F3N3O2/c1-28(2,3)35-13-22(23(14-35)27(37)38)20-9-7-18(11-25(20)32)30(16-34)17-36(29(4,5)6)15-24(30)21-10-8-19(31)12-26(21)33/h7-12,22-24H,13-15,17H2,1-6H3,(H,37,38). The Labute approximate surface area is 222 Å². The molecule has 0 bridgehead atoms. The van der Waals surface area contributed by atoms with E-state index in [1.165, 1.54) is 18.2 Å². The molecule has 0 saturated carbocycles. The average Bonchev–Trinajstić information content (AvgIpc) is 3.42. The van der Waals surface area contributed by atoms with E-state index in [0.29, 0.717) is 30.8 Å². The van der Waals surface area contributed by atoms with Gasteiger partial charge in [-0.3, -0.25) is 14.6 Å². The van der Waals surface area contributed by atoms with Crippen LogP contribution in [0.25, 0.3) is 0 Å². The molecule has 38 heavy (non-hydrogen) atoms. The second-order valence-corrected chi connectivity index (χ2v) is 12.7. The normalized spacial score (nSPS) is 27.0. The van der Waals surface area contributed by atoms with Gasteiger partial charge in [-0.2, -0.15) is 5.26 Å². The van der Waals surface area contributed by atoms with Crippen molar-refractivity contribution < 1.29 is 23.1 Å². The first-order valence-electron chi connectivity index (χ1n) is 13.0. The van der Waals surface area contributed by atoms with Crippen LogP contribution in [0.2, 0.25) is 0 Å². The molecule has 0 spiro atoms. The number of benzene rings is 2. The molecule has 0 aromatic heterocycles. The SMILES string of the molecule is CC(C)(C)N1CC(C(=O)O)C(c2ccc(C3(C#N)CN(C(C)(C)C)CC3c3ccc(F)cc3F)cc2F)C1. The molecule has 0 radical (unpaired) electrons. The first-order valence-corrected chi connectivity index (χ1v) is 13.0. The summed E-state index contributed by atoms with van der Waals surface area (Å²) < 4.78 is 44.6. The Morgan fingerprint density at radius 1 is 0.921 bits per heavy atom. The van der Waals surface area contributed by atoms with E-state index in [2.05, 4.69) is 11.0 Å². The van der Waals surface area contributed by atoms with Gasteiger partial charge in [0.1, 0.15) is 22.9 Å². The largest absolute Gasteiger partial charge is 0.481 e. The Balaban J connectivity index is 1.79. The molecular formula is C30H36F3N3O2. The summed E-state index contributed by atoms with van der Waals surface area (Å²) in [5.41, 5.74) is -0.982. The molecule has 8 heteroatoms. The summed E-state index contributed by atoms with van der Waals surface area (Å²) in [5.74, 6) is -4.95. The van der Waals surface area contributed by atoms with E-state index in [0.717, 1.165) is 6.07 Å². The molecule has 5 nitrogen and oxygen atoms in total. The molecule has 2 saturated heterocycles. The summed E-state index contributed by atoms with van der Waals surface area (Å²) in [4.78, 5) is 16.2. The van der Waals surface area contributed by atoms with Crippen LogP contribution in [0.1, 0.15) is 70.1 Å². The molecule has 4 unspecified atom stereocenters. The van der Waals surface area contributed by atoms with Crippen LogP contribution in [0, 0.1) is 34.7 Å². The Morgan fingerprint density at radius 3 is 2.05 bits per heavy atom. The van der Waals surface area contributed by atoms with Crippen molar-refractivity contribution in [1.82, 2.24) is 9.80 Å². The van der Waals surface area contributed by atoms with Crippen molar-refractivity contribution in [3.05, 3.63) is 70.5 Å². The number of rotatable bonds is 4. The Hall–Kier alpha value is -2.89. The third-order valence-electron chi connectivity index (χ3n) is 8.42. The third kappa shape index (κ3) is 4.94. The molecule has 204 valence electrons. The van der Waals surface area contributed by atoms with Crippen LogP contribution >= 0.6 is 0 Å². The maximum absolute atomic E-state index is 15.9. The molecule has 4 rings (SSSR count). The van der Waals surface area contributed by atoms with Gasteiger partial charge in [-0.05, 0) is 70.4 Å². The summed E-state index contributed by atoms with van der Waals surface area (Å²) in [6.07, 6.45) is 0. The van der Waals surface area contributed by atoms with Gasteiger partial charge in [-0.15, -0.1) is 0 Å². The number of carboxylic acid groups (broad SMARTS) is 1. The van der Waals surface area contributed by atoms with Gasteiger partial charge >= 0.3 is 5.97 Å². The highest BCUT2D eigenvalue weighted by Gasteiger charge is 2.52. The fourth-order valence-electron chi connectivity index (χ4n) is 6.00. The van der Waals surface area contributed by atoms with Gasteiger partial charge in [-0.1, -0.05) is 18.2 Å². The Bertz CT molecular complexity index is 1280. The summed E-state index contributed by atoms with van der Waals surface area (Å²) in [5, 5.41) is 20.4. The maximum Gasteiger partial charge on any atom is 0.308 e. The lowest BCUT2D eigenvalue weighted by atomic mass is 9.70. The van der Waals surface area contributed by atoms with Gasteiger partial charge < -0.3 is 5.11 Å². The maximum atomic E-state index is 15.9. The van der Waals surface area contributed by atoms with Crippen LogP contribution < -0.4 is 0 Å². The predicted molar refractivity (Wildman–Crippen MR) is 139 cm³/mol. The van der Waals surface area contributed by atoms with Gasteiger partial charge in [0, 0.05) is 55.2 Å². The van der Waals surface area contributed by atoms with E-state index in [4.69, 9.17) is 0 Å². The number of carbonyl (C=O) groups is 1. The molecule has 2 aliphatic rings. The number of halogens is 3. The smallest absolute Gasteiger partial charge is 0.308 e. The van der Waals surface area contributed by atoms with Crippen molar-refractivity contribution in [2.24, 2.45) is 5.92 Å². The highest BCUT2D eigenvalue weighted by molar-refractivity contribution is 5.72. The highest BCUT2D eigenvalue weighted by atomic mass is 19.1. The van der Waals surface area contributed by atoms with Crippen LogP contribution in [0.4, 0.5) is 13.2 Å². The van der Waals surface area contributed by atoms with Crippen molar-refractivity contribution in [2.45, 2.75) is 69.9 Å². The molecular weight excluding hydrogens is 491 g/mol. The molecule has 0 amide bonds. The lowest BCUT2D eigenvalue weighted by molar-refractivity contribution is -0.141. The van der Waals surface area contributed by atoms with Crippen molar-refractivity contribution in [1.29, 1.82) is 5.26 Å². The first-order chi connectivity index (χ1) is 17.6. The topological polar surface area (TPSA) is 67.6 Å². The van der Waals surface area contributed by atoms with Crippen LogP contribution in [0.5, 0.6) is 0 Å². The lowest BCUT2D eigenvalue weighted by Gasteiger charge is -2.33. The van der Waals surface area contributed by atoms with Gasteiger partial charge in [0.25, 0.3) is 0 Å². The minimum absolute atomic E-state index is 0.215. The first kappa shape index (κ1) is 28.1. The quantitative estimate of drug-likeness (QED) is 0.556. The molecule has 2 aromatic carbocycles. The number of hydrogen-bond acceptors (Lipinski definition) is 4. The highest BCUT2D eigenvalue weighted by Crippen LogP contribution is 2.48. The number of likely N-dealkylation sites (tertiary alicyclic amines) is 2. The zero-order chi connectivity index (χ0) is 28.2. The fourth-order valence-corrected chi connectivity index (χ4v) is 6.00. The van der Waals surface area contributed by atoms with E-state index in [9.17, 15) is 19.6 Å². The molecule has 2 heterocycles. The minimum atomic E-state index is -1.29. The second kappa shape index (κ2) is 9.69. The van der Waals surface area contributed by atoms with Crippen molar-refractivity contribution in [3.63, 3.8) is 0 Å². The van der Waals surface area contributed by atoms with Crippen LogP contribution in [-0.4, -0.2) is 58.1 Å². The van der Waals surface area contributed by atoms with Gasteiger partial charge in [0.05, 0.1) is 12.0 Å². The summed E-state index contributed by atoms with van der Waals surface area (Å²) in [6.45, 7) is 13.3. The summed E-state index contributed by atoms with van der Waals surface area (Å²) >= 11 is 0.